The summed E-state index contributed by atoms with van der Waals surface area (Å²) in [6.45, 7) is 4.55. The molecule has 3 N–H and O–H groups in total. The zero-order valence-corrected chi connectivity index (χ0v) is 8.65. The van der Waals surface area contributed by atoms with Crippen LogP contribution in [0, 0.1) is 0 Å². The van der Waals surface area contributed by atoms with E-state index in [1.54, 1.807) is 6.08 Å². The van der Waals surface area contributed by atoms with E-state index in [1.807, 2.05) is 0 Å². The molecule has 0 bridgehead atoms. The normalized spacial score (nSPS) is 11.5. The van der Waals surface area contributed by atoms with Crippen molar-refractivity contribution in [1.82, 2.24) is 4.72 Å². The van der Waals surface area contributed by atoms with Crippen molar-refractivity contribution in [2.75, 3.05) is 18.8 Å². The highest BCUT2D eigenvalue weighted by molar-refractivity contribution is 7.89. The molecule has 0 aromatic carbocycles. The van der Waals surface area contributed by atoms with E-state index in [4.69, 9.17) is 5.73 Å². The standard InChI is InChI=1S/C8H18N2O2S/c1-2-3-8-13(11,12)10-7-5-4-6-9/h2,10H,1,3-9H2. The number of allylic oxidation sites excluding steroid dienone is 1. The van der Waals surface area contributed by atoms with Crippen LogP contribution in [0.1, 0.15) is 19.3 Å². The first-order valence-corrected chi connectivity index (χ1v) is 6.06. The maximum atomic E-state index is 11.2. The van der Waals surface area contributed by atoms with E-state index in [1.165, 1.54) is 0 Å². The van der Waals surface area contributed by atoms with Crippen LogP contribution < -0.4 is 10.5 Å². The van der Waals surface area contributed by atoms with E-state index >= 15 is 0 Å². The Balaban J connectivity index is 3.57. The molecule has 0 saturated heterocycles. The maximum absolute atomic E-state index is 11.2. The van der Waals surface area contributed by atoms with Crippen LogP contribution in [0.15, 0.2) is 12.7 Å². The van der Waals surface area contributed by atoms with Gasteiger partial charge in [0.05, 0.1) is 5.75 Å². The van der Waals surface area contributed by atoms with Gasteiger partial charge in [0.1, 0.15) is 0 Å². The lowest BCUT2D eigenvalue weighted by Gasteiger charge is -2.04. The number of rotatable bonds is 8. The fourth-order valence-corrected chi connectivity index (χ4v) is 1.88. The minimum absolute atomic E-state index is 0.124. The lowest BCUT2D eigenvalue weighted by atomic mass is 10.3. The number of nitrogens with two attached hydrogens (primary N) is 1. The van der Waals surface area contributed by atoms with Crippen molar-refractivity contribution in [2.24, 2.45) is 5.73 Å². The van der Waals surface area contributed by atoms with E-state index < -0.39 is 10.0 Å². The van der Waals surface area contributed by atoms with E-state index in [0.29, 0.717) is 19.5 Å². The summed E-state index contributed by atoms with van der Waals surface area (Å²) in [6.07, 6.45) is 3.74. The van der Waals surface area contributed by atoms with Crippen LogP contribution >= 0.6 is 0 Å². The molecule has 13 heavy (non-hydrogen) atoms. The molecule has 0 atom stereocenters. The van der Waals surface area contributed by atoms with Crippen LogP contribution in [0.25, 0.3) is 0 Å². The van der Waals surface area contributed by atoms with Crippen molar-refractivity contribution in [3.05, 3.63) is 12.7 Å². The van der Waals surface area contributed by atoms with E-state index in [2.05, 4.69) is 11.3 Å². The van der Waals surface area contributed by atoms with Gasteiger partial charge in [0.15, 0.2) is 0 Å². The van der Waals surface area contributed by atoms with Gasteiger partial charge in [-0.15, -0.1) is 6.58 Å². The topological polar surface area (TPSA) is 72.2 Å². The van der Waals surface area contributed by atoms with Crippen LogP contribution in [0.3, 0.4) is 0 Å². The summed E-state index contributed by atoms with van der Waals surface area (Å²) >= 11 is 0. The zero-order valence-electron chi connectivity index (χ0n) is 7.83. The molecule has 78 valence electrons. The second kappa shape index (κ2) is 7.06. The maximum Gasteiger partial charge on any atom is 0.211 e. The summed E-state index contributed by atoms with van der Waals surface area (Å²) in [5.41, 5.74) is 5.27. The van der Waals surface area contributed by atoms with E-state index in [-0.39, 0.29) is 5.75 Å². The lowest BCUT2D eigenvalue weighted by molar-refractivity contribution is 0.577. The third-order valence-corrected chi connectivity index (χ3v) is 2.96. The largest absolute Gasteiger partial charge is 0.330 e. The highest BCUT2D eigenvalue weighted by Crippen LogP contribution is 1.91. The van der Waals surface area contributed by atoms with Gasteiger partial charge >= 0.3 is 0 Å². The molecule has 0 aliphatic rings. The third-order valence-electron chi connectivity index (χ3n) is 1.54. The molecule has 0 radical (unpaired) electrons. The Morgan fingerprint density at radius 3 is 2.62 bits per heavy atom. The van der Waals surface area contributed by atoms with Crippen LogP contribution in [-0.2, 0) is 10.0 Å². The number of hydrogen-bond acceptors (Lipinski definition) is 3. The summed E-state index contributed by atoms with van der Waals surface area (Å²) in [5.74, 6) is 0.124. The first kappa shape index (κ1) is 12.6. The van der Waals surface area contributed by atoms with Crippen LogP contribution in [-0.4, -0.2) is 27.3 Å². The minimum Gasteiger partial charge on any atom is -0.330 e. The molecular weight excluding hydrogens is 188 g/mol. The first-order chi connectivity index (χ1) is 6.12. The molecule has 0 amide bonds. The average Bonchev–Trinajstić information content (AvgIpc) is 2.09. The van der Waals surface area contributed by atoms with Gasteiger partial charge in [-0.1, -0.05) is 6.08 Å². The molecular formula is C8H18N2O2S. The smallest absolute Gasteiger partial charge is 0.211 e. The first-order valence-electron chi connectivity index (χ1n) is 4.40. The van der Waals surface area contributed by atoms with Gasteiger partial charge in [0, 0.05) is 6.54 Å². The number of sulfonamides is 1. The molecule has 5 heteroatoms. The van der Waals surface area contributed by atoms with Gasteiger partial charge < -0.3 is 5.73 Å². The third kappa shape index (κ3) is 7.95. The highest BCUT2D eigenvalue weighted by Gasteiger charge is 2.06. The van der Waals surface area contributed by atoms with Crippen molar-refractivity contribution in [2.45, 2.75) is 19.3 Å². The SMILES string of the molecule is C=CCCS(=O)(=O)NCCCCN. The monoisotopic (exact) mass is 206 g/mol. The van der Waals surface area contributed by atoms with Crippen LogP contribution in [0.4, 0.5) is 0 Å². The molecule has 4 nitrogen and oxygen atoms in total. The summed E-state index contributed by atoms with van der Waals surface area (Å²) in [6, 6.07) is 0. The van der Waals surface area contributed by atoms with Crippen LogP contribution in [0.5, 0.6) is 0 Å². The van der Waals surface area contributed by atoms with Gasteiger partial charge in [-0.3, -0.25) is 0 Å². The summed E-state index contributed by atoms with van der Waals surface area (Å²) in [7, 11) is -3.09. The summed E-state index contributed by atoms with van der Waals surface area (Å²) < 4.78 is 24.8. The van der Waals surface area contributed by atoms with E-state index in [9.17, 15) is 8.42 Å². The molecule has 0 aliphatic carbocycles. The fraction of sp³-hybridized carbons (Fsp3) is 0.750. The number of nitrogens with one attached hydrogen (secondary N) is 1. The number of unbranched alkanes of at least 4 members (excludes halogenated alkanes) is 1. The van der Waals surface area contributed by atoms with Crippen LogP contribution in [0.2, 0.25) is 0 Å². The minimum atomic E-state index is -3.09. The molecule has 0 spiro atoms. The van der Waals surface area contributed by atoms with Crippen molar-refractivity contribution in [3.63, 3.8) is 0 Å². The Morgan fingerprint density at radius 1 is 1.38 bits per heavy atom. The average molecular weight is 206 g/mol. The molecule has 0 aromatic rings. The van der Waals surface area contributed by atoms with Crippen molar-refractivity contribution in [3.8, 4) is 0 Å². The van der Waals surface area contributed by atoms with Gasteiger partial charge in [-0.05, 0) is 25.8 Å². The molecule has 0 aromatic heterocycles. The Morgan fingerprint density at radius 2 is 2.08 bits per heavy atom. The zero-order chi connectivity index (χ0) is 10.2. The quantitative estimate of drug-likeness (QED) is 0.441. The van der Waals surface area contributed by atoms with E-state index in [0.717, 1.165) is 12.8 Å². The number of hydrogen-bond donors (Lipinski definition) is 2. The van der Waals surface area contributed by atoms with Crippen molar-refractivity contribution < 1.29 is 8.42 Å². The molecule has 0 heterocycles. The van der Waals surface area contributed by atoms with Gasteiger partial charge in [0.2, 0.25) is 10.0 Å². The molecule has 0 fully saturated rings. The molecule has 0 aliphatic heterocycles. The Kier molecular flexibility index (Phi) is 6.84. The predicted octanol–water partition coefficient (Wildman–Crippen LogP) is 0.221. The lowest BCUT2D eigenvalue weighted by Crippen LogP contribution is -2.27. The Bertz CT molecular complexity index is 224. The van der Waals surface area contributed by atoms with Gasteiger partial charge in [-0.25, -0.2) is 13.1 Å². The Hall–Kier alpha value is -0.390. The summed E-state index contributed by atoms with van der Waals surface area (Å²) in [4.78, 5) is 0. The second-order valence-corrected chi connectivity index (χ2v) is 4.71. The molecule has 0 unspecified atom stereocenters. The predicted molar refractivity (Wildman–Crippen MR) is 54.9 cm³/mol. The molecule has 0 rings (SSSR count). The Labute approximate surface area is 80.3 Å². The van der Waals surface area contributed by atoms with Gasteiger partial charge in [0.25, 0.3) is 0 Å². The van der Waals surface area contributed by atoms with Crippen molar-refractivity contribution >= 4 is 10.0 Å². The fourth-order valence-electron chi connectivity index (χ4n) is 0.808. The molecule has 0 saturated carbocycles. The second-order valence-electron chi connectivity index (χ2n) is 2.79. The summed E-state index contributed by atoms with van der Waals surface area (Å²) in [5, 5.41) is 0. The van der Waals surface area contributed by atoms with Crippen molar-refractivity contribution in [1.29, 1.82) is 0 Å². The highest BCUT2D eigenvalue weighted by atomic mass is 32.2. The van der Waals surface area contributed by atoms with Gasteiger partial charge in [-0.2, -0.15) is 0 Å².